The summed E-state index contributed by atoms with van der Waals surface area (Å²) in [5.74, 6) is -0.626. The molecule has 2 amide bonds. The van der Waals surface area contributed by atoms with Crippen molar-refractivity contribution in [1.29, 1.82) is 0 Å². The molecule has 0 fully saturated rings. The molecule has 34 heavy (non-hydrogen) atoms. The predicted octanol–water partition coefficient (Wildman–Crippen LogP) is 4.72. The van der Waals surface area contributed by atoms with Crippen molar-refractivity contribution < 1.29 is 19.2 Å². The van der Waals surface area contributed by atoms with Crippen molar-refractivity contribution in [3.63, 3.8) is 0 Å². The summed E-state index contributed by atoms with van der Waals surface area (Å²) in [4.78, 5) is 41.2. The van der Waals surface area contributed by atoms with Gasteiger partial charge < -0.3 is 9.64 Å². The predicted molar refractivity (Wildman–Crippen MR) is 130 cm³/mol. The minimum atomic E-state index is -0.521. The van der Waals surface area contributed by atoms with Crippen LogP contribution in [0, 0.1) is 17.0 Å². The quantitative estimate of drug-likeness (QED) is 0.289. The fourth-order valence-electron chi connectivity index (χ4n) is 4.05. The lowest BCUT2D eigenvalue weighted by atomic mass is 10.0. The number of likely N-dealkylation sites (N-methyl/N-ethyl adjacent to an activating group) is 1. The maximum atomic E-state index is 13.9. The molecule has 1 aliphatic rings. The second-order valence-corrected chi connectivity index (χ2v) is 7.73. The normalized spacial score (nSPS) is 13.4. The average molecular weight is 457 g/mol. The van der Waals surface area contributed by atoms with Gasteiger partial charge in [0.2, 0.25) is 0 Å². The van der Waals surface area contributed by atoms with Gasteiger partial charge in [-0.1, -0.05) is 24.3 Å². The molecular weight excluding hydrogens is 434 g/mol. The van der Waals surface area contributed by atoms with Gasteiger partial charge in [0.15, 0.2) is 0 Å². The van der Waals surface area contributed by atoms with Gasteiger partial charge in [-0.25, -0.2) is 4.90 Å². The number of hydrogen-bond acceptors (Lipinski definition) is 6. The molecule has 172 valence electrons. The monoisotopic (exact) mass is 457 g/mol. The Kier molecular flexibility index (Phi) is 6.14. The van der Waals surface area contributed by atoms with Crippen LogP contribution in [-0.4, -0.2) is 30.4 Å². The average Bonchev–Trinajstić information content (AvgIpc) is 3.10. The fourth-order valence-corrected chi connectivity index (χ4v) is 4.05. The number of benzene rings is 3. The number of imide groups is 1. The molecule has 0 spiro atoms. The number of nitro benzene ring substituents is 1. The van der Waals surface area contributed by atoms with Crippen molar-refractivity contribution in [2.24, 2.45) is 0 Å². The molecule has 3 aromatic carbocycles. The lowest BCUT2D eigenvalue weighted by Gasteiger charge is -2.25. The Morgan fingerprint density at radius 3 is 2.24 bits per heavy atom. The van der Waals surface area contributed by atoms with Crippen molar-refractivity contribution in [3.8, 4) is 5.75 Å². The number of amides is 2. The first-order valence-electron chi connectivity index (χ1n) is 10.7. The van der Waals surface area contributed by atoms with Crippen LogP contribution < -0.4 is 14.5 Å². The number of para-hydroxylation sites is 1. The molecule has 0 unspecified atom stereocenters. The SMILES string of the molecule is CCN(C1=C(c2ccc([N+](=O)[O-])cc2)C(=O)N(c2cc(C)ccc2OC)C1=O)c1ccccc1. The minimum Gasteiger partial charge on any atom is -0.495 e. The molecule has 8 nitrogen and oxygen atoms in total. The van der Waals surface area contributed by atoms with Gasteiger partial charge in [-0.3, -0.25) is 19.7 Å². The molecule has 0 N–H and O–H groups in total. The highest BCUT2D eigenvalue weighted by Crippen LogP contribution is 2.40. The highest BCUT2D eigenvalue weighted by molar-refractivity contribution is 6.46. The minimum absolute atomic E-state index is 0.102. The molecule has 1 heterocycles. The second kappa shape index (κ2) is 9.19. The molecule has 0 saturated carbocycles. The maximum absolute atomic E-state index is 13.9. The van der Waals surface area contributed by atoms with E-state index in [9.17, 15) is 19.7 Å². The van der Waals surface area contributed by atoms with E-state index in [2.05, 4.69) is 0 Å². The van der Waals surface area contributed by atoms with E-state index in [1.54, 1.807) is 17.0 Å². The Morgan fingerprint density at radius 2 is 1.65 bits per heavy atom. The summed E-state index contributed by atoms with van der Waals surface area (Å²) in [6.45, 7) is 4.18. The molecule has 1 aliphatic heterocycles. The van der Waals surface area contributed by atoms with E-state index < -0.39 is 16.7 Å². The molecule has 3 aromatic rings. The number of rotatable bonds is 7. The Balaban J connectivity index is 1.93. The van der Waals surface area contributed by atoms with Gasteiger partial charge in [0.1, 0.15) is 11.4 Å². The van der Waals surface area contributed by atoms with Crippen LogP contribution in [0.3, 0.4) is 0 Å². The first-order chi connectivity index (χ1) is 16.4. The van der Waals surface area contributed by atoms with Gasteiger partial charge in [-0.2, -0.15) is 0 Å². The van der Waals surface area contributed by atoms with Gasteiger partial charge in [-0.15, -0.1) is 0 Å². The summed E-state index contributed by atoms with van der Waals surface area (Å²) < 4.78 is 5.45. The zero-order chi connectivity index (χ0) is 24.4. The van der Waals surface area contributed by atoms with E-state index in [0.717, 1.165) is 16.2 Å². The third kappa shape index (κ3) is 3.90. The van der Waals surface area contributed by atoms with Crippen molar-refractivity contribution >= 4 is 34.4 Å². The molecular formula is C26H23N3O5. The summed E-state index contributed by atoms with van der Waals surface area (Å²) in [5, 5.41) is 11.1. The maximum Gasteiger partial charge on any atom is 0.282 e. The highest BCUT2D eigenvalue weighted by Gasteiger charge is 2.43. The van der Waals surface area contributed by atoms with Crippen LogP contribution in [0.25, 0.3) is 5.57 Å². The topological polar surface area (TPSA) is 93.0 Å². The zero-order valence-corrected chi connectivity index (χ0v) is 19.0. The number of non-ortho nitro benzene ring substituents is 1. The summed E-state index contributed by atoms with van der Waals surface area (Å²) in [7, 11) is 1.48. The van der Waals surface area contributed by atoms with Crippen LogP contribution in [0.2, 0.25) is 0 Å². The molecule has 0 saturated heterocycles. The van der Waals surface area contributed by atoms with Crippen molar-refractivity contribution in [3.05, 3.63) is 99.7 Å². The van der Waals surface area contributed by atoms with Gasteiger partial charge in [0, 0.05) is 24.4 Å². The van der Waals surface area contributed by atoms with Crippen LogP contribution in [0.5, 0.6) is 5.75 Å². The molecule has 0 aromatic heterocycles. The number of aryl methyl sites for hydroxylation is 1. The highest BCUT2D eigenvalue weighted by atomic mass is 16.6. The molecule has 0 aliphatic carbocycles. The van der Waals surface area contributed by atoms with Crippen LogP contribution in [0.15, 0.2) is 78.5 Å². The van der Waals surface area contributed by atoms with E-state index in [4.69, 9.17) is 4.74 Å². The van der Waals surface area contributed by atoms with Gasteiger partial charge in [0.05, 0.1) is 23.3 Å². The lowest BCUT2D eigenvalue weighted by Crippen LogP contribution is -2.35. The van der Waals surface area contributed by atoms with Gasteiger partial charge >= 0.3 is 0 Å². The second-order valence-electron chi connectivity index (χ2n) is 7.73. The zero-order valence-electron chi connectivity index (χ0n) is 19.0. The Labute approximate surface area is 196 Å². The van der Waals surface area contributed by atoms with Crippen molar-refractivity contribution in [1.82, 2.24) is 0 Å². The number of hydrogen-bond donors (Lipinski definition) is 0. The molecule has 0 atom stereocenters. The van der Waals surface area contributed by atoms with Gasteiger partial charge in [-0.05, 0) is 61.4 Å². The standard InChI is InChI=1S/C26H23N3O5/c1-4-27(19-8-6-5-7-9-19)24-23(18-11-13-20(14-12-18)29(32)33)25(30)28(26(24)31)21-16-17(2)10-15-22(21)34-3/h5-16H,4H2,1-3H3. The molecule has 0 bridgehead atoms. The first kappa shape index (κ1) is 22.7. The first-order valence-corrected chi connectivity index (χ1v) is 10.7. The van der Waals surface area contributed by atoms with E-state index in [1.165, 1.54) is 31.4 Å². The number of anilines is 2. The van der Waals surface area contributed by atoms with Crippen molar-refractivity contribution in [2.75, 3.05) is 23.5 Å². The van der Waals surface area contributed by atoms with Gasteiger partial charge in [0.25, 0.3) is 17.5 Å². The summed E-state index contributed by atoms with van der Waals surface area (Å²) in [5.41, 5.74) is 2.65. The third-order valence-corrected chi connectivity index (χ3v) is 5.66. The number of ether oxygens (including phenoxy) is 1. The van der Waals surface area contributed by atoms with Crippen LogP contribution in [0.1, 0.15) is 18.1 Å². The van der Waals surface area contributed by atoms with E-state index in [0.29, 0.717) is 23.5 Å². The van der Waals surface area contributed by atoms with E-state index in [-0.39, 0.29) is 17.0 Å². The summed E-state index contributed by atoms with van der Waals surface area (Å²) in [6, 6.07) is 20.2. The van der Waals surface area contributed by atoms with E-state index >= 15 is 0 Å². The summed E-state index contributed by atoms with van der Waals surface area (Å²) >= 11 is 0. The van der Waals surface area contributed by atoms with Crippen molar-refractivity contribution in [2.45, 2.75) is 13.8 Å². The van der Waals surface area contributed by atoms with E-state index in [1.807, 2.05) is 50.2 Å². The Bertz CT molecular complexity index is 1300. The number of carbonyl (C=O) groups excluding carboxylic acids is 2. The number of nitrogens with zero attached hydrogens (tertiary/aromatic N) is 3. The fraction of sp³-hybridized carbons (Fsp3) is 0.154. The Morgan fingerprint density at radius 1 is 0.971 bits per heavy atom. The number of carbonyl (C=O) groups is 2. The third-order valence-electron chi connectivity index (χ3n) is 5.66. The van der Waals surface area contributed by atoms with Crippen LogP contribution in [-0.2, 0) is 9.59 Å². The Hall–Kier alpha value is -4.46. The smallest absolute Gasteiger partial charge is 0.282 e. The molecule has 8 heteroatoms. The molecule has 0 radical (unpaired) electrons. The largest absolute Gasteiger partial charge is 0.495 e. The number of methoxy groups -OCH3 is 1. The summed E-state index contributed by atoms with van der Waals surface area (Å²) in [6.07, 6.45) is 0. The molecule has 4 rings (SSSR count). The lowest BCUT2D eigenvalue weighted by molar-refractivity contribution is -0.384. The van der Waals surface area contributed by atoms with Crippen LogP contribution in [0.4, 0.5) is 17.1 Å². The van der Waals surface area contributed by atoms with Crippen LogP contribution >= 0.6 is 0 Å². The number of nitro groups is 1.